The molecule has 4 nitrogen and oxygen atoms in total. The highest BCUT2D eigenvalue weighted by Crippen LogP contribution is 2.30. The van der Waals surface area contributed by atoms with E-state index in [0.29, 0.717) is 12.3 Å². The van der Waals surface area contributed by atoms with Crippen LogP contribution in [0, 0.1) is 6.92 Å². The molecule has 0 radical (unpaired) electrons. The Morgan fingerprint density at radius 1 is 1.20 bits per heavy atom. The summed E-state index contributed by atoms with van der Waals surface area (Å²) in [6.07, 6.45) is 2.00. The van der Waals surface area contributed by atoms with Crippen LogP contribution in [0.15, 0.2) is 42.6 Å². The first-order chi connectivity index (χ1) is 9.70. The van der Waals surface area contributed by atoms with Crippen LogP contribution in [0.4, 0.5) is 5.69 Å². The van der Waals surface area contributed by atoms with E-state index in [4.69, 9.17) is 10.5 Å². The second-order valence-electron chi connectivity index (χ2n) is 4.68. The van der Waals surface area contributed by atoms with Gasteiger partial charge < -0.3 is 14.9 Å². The standard InChI is InChI=1S/C16H17N3O/c1-3-20-15-7-5-4-6-12(15)14-10-19-11(2)8-9-13(17)16(19)18-14/h4-10H,3,17H2,1-2H3. The number of nitrogens with two attached hydrogens (primary N) is 1. The summed E-state index contributed by atoms with van der Waals surface area (Å²) in [5.74, 6) is 0.842. The fraction of sp³-hybridized carbons (Fsp3) is 0.188. The SMILES string of the molecule is CCOc1ccccc1-c1cn2c(C)ccc(N)c2n1. The first kappa shape index (κ1) is 12.5. The van der Waals surface area contributed by atoms with Gasteiger partial charge in [0.2, 0.25) is 0 Å². The van der Waals surface area contributed by atoms with Crippen molar-refractivity contribution < 1.29 is 4.74 Å². The fourth-order valence-corrected chi connectivity index (χ4v) is 2.31. The Morgan fingerprint density at radius 2 is 2.00 bits per heavy atom. The van der Waals surface area contributed by atoms with Crippen LogP contribution in [-0.2, 0) is 0 Å². The summed E-state index contributed by atoms with van der Waals surface area (Å²) in [6, 6.07) is 11.8. The van der Waals surface area contributed by atoms with Crippen molar-refractivity contribution in [2.45, 2.75) is 13.8 Å². The molecule has 0 atom stereocenters. The van der Waals surface area contributed by atoms with E-state index in [2.05, 4.69) is 4.98 Å². The van der Waals surface area contributed by atoms with Crippen LogP contribution in [0.1, 0.15) is 12.6 Å². The van der Waals surface area contributed by atoms with E-state index >= 15 is 0 Å². The monoisotopic (exact) mass is 267 g/mol. The van der Waals surface area contributed by atoms with Crippen molar-refractivity contribution in [3.05, 3.63) is 48.3 Å². The van der Waals surface area contributed by atoms with Gasteiger partial charge in [-0.05, 0) is 38.1 Å². The number of hydrogen-bond acceptors (Lipinski definition) is 3. The molecule has 0 bridgehead atoms. The van der Waals surface area contributed by atoms with E-state index in [9.17, 15) is 0 Å². The minimum absolute atomic E-state index is 0.631. The molecule has 0 unspecified atom stereocenters. The normalized spacial score (nSPS) is 10.9. The van der Waals surface area contributed by atoms with Crippen LogP contribution in [0.2, 0.25) is 0 Å². The van der Waals surface area contributed by atoms with Crippen LogP contribution in [0.25, 0.3) is 16.9 Å². The number of fused-ring (bicyclic) bond motifs is 1. The lowest BCUT2D eigenvalue weighted by molar-refractivity contribution is 0.341. The second-order valence-corrected chi connectivity index (χ2v) is 4.68. The molecule has 0 amide bonds. The number of imidazole rings is 1. The number of rotatable bonds is 3. The van der Waals surface area contributed by atoms with Gasteiger partial charge in [0, 0.05) is 17.5 Å². The Balaban J connectivity index is 2.20. The number of benzene rings is 1. The largest absolute Gasteiger partial charge is 0.493 e. The molecule has 2 heterocycles. The Bertz CT molecular complexity index is 723. The summed E-state index contributed by atoms with van der Waals surface area (Å²) >= 11 is 0. The van der Waals surface area contributed by atoms with Crippen LogP contribution >= 0.6 is 0 Å². The summed E-state index contributed by atoms with van der Waals surface area (Å²) in [6.45, 7) is 4.64. The zero-order valence-corrected chi connectivity index (χ0v) is 11.6. The lowest BCUT2D eigenvalue weighted by Crippen LogP contribution is -1.94. The highest BCUT2D eigenvalue weighted by atomic mass is 16.5. The van der Waals surface area contributed by atoms with Gasteiger partial charge in [-0.25, -0.2) is 4.98 Å². The number of nitrogen functional groups attached to an aromatic ring is 1. The highest BCUT2D eigenvalue weighted by molar-refractivity contribution is 5.74. The minimum Gasteiger partial charge on any atom is -0.493 e. The summed E-state index contributed by atoms with van der Waals surface area (Å²) in [5, 5.41) is 0. The predicted octanol–water partition coefficient (Wildman–Crippen LogP) is 3.29. The number of ether oxygens (including phenoxy) is 1. The molecule has 2 aromatic heterocycles. The van der Waals surface area contributed by atoms with Crippen molar-refractivity contribution in [3.8, 4) is 17.0 Å². The molecule has 0 aliphatic heterocycles. The van der Waals surface area contributed by atoms with Gasteiger partial charge in [-0.1, -0.05) is 12.1 Å². The van der Waals surface area contributed by atoms with Crippen molar-refractivity contribution >= 4 is 11.3 Å². The van der Waals surface area contributed by atoms with E-state index in [1.54, 1.807) is 0 Å². The lowest BCUT2D eigenvalue weighted by Gasteiger charge is -2.07. The summed E-state index contributed by atoms with van der Waals surface area (Å²) in [4.78, 5) is 4.64. The Labute approximate surface area is 117 Å². The van der Waals surface area contributed by atoms with E-state index in [1.807, 2.05) is 60.8 Å². The molecular weight excluding hydrogens is 250 g/mol. The van der Waals surface area contributed by atoms with E-state index in [0.717, 1.165) is 28.3 Å². The van der Waals surface area contributed by atoms with Crippen LogP contribution in [0.5, 0.6) is 5.75 Å². The summed E-state index contributed by atoms with van der Waals surface area (Å²) in [7, 11) is 0. The second kappa shape index (κ2) is 4.89. The van der Waals surface area contributed by atoms with Crippen molar-refractivity contribution in [3.63, 3.8) is 0 Å². The zero-order chi connectivity index (χ0) is 14.1. The van der Waals surface area contributed by atoms with Crippen LogP contribution in [-0.4, -0.2) is 16.0 Å². The van der Waals surface area contributed by atoms with Crippen LogP contribution in [0.3, 0.4) is 0 Å². The van der Waals surface area contributed by atoms with Gasteiger partial charge in [0.1, 0.15) is 5.75 Å². The maximum Gasteiger partial charge on any atom is 0.160 e. The molecule has 0 fully saturated rings. The Hall–Kier alpha value is -2.49. The fourth-order valence-electron chi connectivity index (χ4n) is 2.31. The number of pyridine rings is 1. The quantitative estimate of drug-likeness (QED) is 0.792. The molecule has 0 saturated heterocycles. The predicted molar refractivity (Wildman–Crippen MR) is 80.9 cm³/mol. The molecule has 0 aliphatic rings. The van der Waals surface area contributed by atoms with Crippen LogP contribution < -0.4 is 10.5 Å². The van der Waals surface area contributed by atoms with Gasteiger partial charge in [0.05, 0.1) is 18.0 Å². The highest BCUT2D eigenvalue weighted by Gasteiger charge is 2.11. The van der Waals surface area contributed by atoms with Crippen molar-refractivity contribution in [1.29, 1.82) is 0 Å². The van der Waals surface area contributed by atoms with E-state index < -0.39 is 0 Å². The Kier molecular flexibility index (Phi) is 3.06. The number of aryl methyl sites for hydroxylation is 1. The molecule has 1 aromatic carbocycles. The first-order valence-electron chi connectivity index (χ1n) is 6.67. The molecule has 3 aromatic rings. The third-order valence-corrected chi connectivity index (χ3v) is 3.31. The average molecular weight is 267 g/mol. The topological polar surface area (TPSA) is 52.5 Å². The molecule has 20 heavy (non-hydrogen) atoms. The number of para-hydroxylation sites is 1. The minimum atomic E-state index is 0.631. The molecule has 3 rings (SSSR count). The van der Waals surface area contributed by atoms with E-state index in [1.165, 1.54) is 0 Å². The Morgan fingerprint density at radius 3 is 2.75 bits per heavy atom. The smallest absolute Gasteiger partial charge is 0.160 e. The lowest BCUT2D eigenvalue weighted by atomic mass is 10.1. The van der Waals surface area contributed by atoms with Gasteiger partial charge >= 0.3 is 0 Å². The molecule has 4 heteroatoms. The number of aromatic nitrogens is 2. The van der Waals surface area contributed by atoms with E-state index in [-0.39, 0.29) is 0 Å². The molecule has 102 valence electrons. The van der Waals surface area contributed by atoms with Gasteiger partial charge in [-0.3, -0.25) is 0 Å². The number of anilines is 1. The van der Waals surface area contributed by atoms with Gasteiger partial charge in [0.15, 0.2) is 5.65 Å². The molecule has 2 N–H and O–H groups in total. The third kappa shape index (κ3) is 1.99. The zero-order valence-electron chi connectivity index (χ0n) is 11.6. The maximum atomic E-state index is 6.00. The average Bonchev–Trinajstić information content (AvgIpc) is 2.90. The molecular formula is C16H17N3O. The number of nitrogens with zero attached hydrogens (tertiary/aromatic N) is 2. The third-order valence-electron chi connectivity index (χ3n) is 3.31. The molecule has 0 spiro atoms. The van der Waals surface area contributed by atoms with Crippen molar-refractivity contribution in [2.24, 2.45) is 0 Å². The molecule has 0 saturated carbocycles. The van der Waals surface area contributed by atoms with Crippen molar-refractivity contribution in [2.75, 3.05) is 12.3 Å². The molecule has 0 aliphatic carbocycles. The van der Waals surface area contributed by atoms with Crippen molar-refractivity contribution in [1.82, 2.24) is 9.38 Å². The first-order valence-corrected chi connectivity index (χ1v) is 6.67. The summed E-state index contributed by atoms with van der Waals surface area (Å²) in [5.41, 5.74) is 10.4. The number of hydrogen-bond donors (Lipinski definition) is 1. The maximum absolute atomic E-state index is 6.00. The van der Waals surface area contributed by atoms with Gasteiger partial charge in [0.25, 0.3) is 0 Å². The van der Waals surface area contributed by atoms with Gasteiger partial charge in [-0.2, -0.15) is 0 Å². The summed E-state index contributed by atoms with van der Waals surface area (Å²) < 4.78 is 7.67. The van der Waals surface area contributed by atoms with Gasteiger partial charge in [-0.15, -0.1) is 0 Å².